The Morgan fingerprint density at radius 3 is 0.960 bits per heavy atom. The van der Waals surface area contributed by atoms with Crippen LogP contribution in [0.25, 0.3) is 0 Å². The summed E-state index contributed by atoms with van der Waals surface area (Å²) < 4.78 is 0. The van der Waals surface area contributed by atoms with E-state index in [2.05, 4.69) is 152 Å². The van der Waals surface area contributed by atoms with Crippen LogP contribution in [0, 0.1) is 41.5 Å². The van der Waals surface area contributed by atoms with Gasteiger partial charge in [-0.2, -0.15) is 22.3 Å². The largest absolute Gasteiger partial charge is 4.00 e. The molecule has 4 unspecified atom stereocenters. The molecule has 4 rings (SSSR count). The second-order valence-corrected chi connectivity index (χ2v) is 18.7. The van der Waals surface area contributed by atoms with Crippen LogP contribution in [0.15, 0.2) is 54.6 Å². The normalized spacial score (nSPS) is 14.5. The predicted octanol–water partition coefficient (Wildman–Crippen LogP) is 1.70. The minimum atomic E-state index is -2.82. The van der Waals surface area contributed by atoms with Gasteiger partial charge in [-0.3, -0.25) is 0 Å². The molecule has 272 valence electrons. The molecule has 0 fully saturated rings. The smallest absolute Gasteiger partial charge is 1.00 e. The van der Waals surface area contributed by atoms with Crippen molar-refractivity contribution in [3.63, 3.8) is 0 Å². The molecule has 0 aliphatic carbocycles. The van der Waals surface area contributed by atoms with E-state index < -0.39 is 8.07 Å². The number of hydrogen-bond acceptors (Lipinski definition) is 0. The Kier molecular flexibility index (Phi) is 19.8. The molecular weight excluding hydrogens is 723 g/mol. The zero-order chi connectivity index (χ0) is 34.1. The van der Waals surface area contributed by atoms with Crippen LogP contribution >= 0.6 is 0 Å². The number of benzene rings is 3. The summed E-state index contributed by atoms with van der Waals surface area (Å²) in [6.45, 7) is 33.3. The first-order valence-corrected chi connectivity index (χ1v) is 20.4. The van der Waals surface area contributed by atoms with Crippen molar-refractivity contribution >= 4 is 28.8 Å². The van der Waals surface area contributed by atoms with E-state index in [9.17, 15) is 0 Å². The summed E-state index contributed by atoms with van der Waals surface area (Å²) in [5, 5.41) is 6.30. The van der Waals surface area contributed by atoms with Crippen LogP contribution in [-0.4, -0.2) is 8.07 Å². The van der Waals surface area contributed by atoms with Gasteiger partial charge in [-0.05, 0) is 85.5 Å². The van der Waals surface area contributed by atoms with E-state index in [1.165, 1.54) is 60.8 Å². The van der Waals surface area contributed by atoms with E-state index in [0.29, 0.717) is 23.7 Å². The van der Waals surface area contributed by atoms with Gasteiger partial charge in [-0.1, -0.05) is 164 Å². The van der Waals surface area contributed by atoms with Crippen LogP contribution in [0.1, 0.15) is 160 Å². The SMILES string of the molecule is CCC(C)c1cc(C(C)CC)cc([Si](c2cc(C)cc(C)c2)(c2cc(C(C)CC)cc(C(C)CC)c2)[c-]2c(C)c(C)c(C)c2C)c1.[Cl-].[Cl-].[Cl-].[Ti+4]. The Morgan fingerprint density at radius 2 is 0.700 bits per heavy atom. The molecule has 0 radical (unpaired) electrons. The maximum Gasteiger partial charge on any atom is 4.00 e. The van der Waals surface area contributed by atoms with Gasteiger partial charge >= 0.3 is 21.7 Å². The standard InChI is InChI=1S/C45H63Si.3ClH.Ti/c1-15-30(7)38-22-39(31(8)16-2)25-43(24-38)46(42-20-28(5)19-29(6)21-42,45-36(13)34(11)35(12)37(45)14)44-26-40(32(9)17-3)23-41(27-44)33(10)18-4;;;;/h19-27,30-33H,15-18H2,1-14H3;3*1H;/q-1;;;;+4/p-3. The van der Waals surface area contributed by atoms with E-state index in [0.717, 1.165) is 25.7 Å². The van der Waals surface area contributed by atoms with Crippen molar-refractivity contribution in [2.75, 3.05) is 0 Å². The topological polar surface area (TPSA) is 0 Å². The Bertz CT molecular complexity index is 1520. The van der Waals surface area contributed by atoms with Gasteiger partial charge in [0.05, 0.1) is 0 Å². The van der Waals surface area contributed by atoms with Crippen LogP contribution in [0.4, 0.5) is 0 Å². The van der Waals surface area contributed by atoms with Gasteiger partial charge < -0.3 is 37.2 Å². The van der Waals surface area contributed by atoms with Crippen molar-refractivity contribution in [1.82, 2.24) is 0 Å². The van der Waals surface area contributed by atoms with Gasteiger partial charge in [0.15, 0.2) is 0 Å². The minimum absolute atomic E-state index is 0. The fourth-order valence-corrected chi connectivity index (χ4v) is 13.6. The number of halogens is 3. The zero-order valence-electron chi connectivity index (χ0n) is 33.5. The Hall–Kier alpha value is -1.19. The summed E-state index contributed by atoms with van der Waals surface area (Å²) in [6, 6.07) is 23.3. The molecule has 0 nitrogen and oxygen atoms in total. The minimum Gasteiger partial charge on any atom is -1.00 e. The van der Waals surface area contributed by atoms with Crippen molar-refractivity contribution in [2.45, 2.75) is 146 Å². The van der Waals surface area contributed by atoms with Gasteiger partial charge in [-0.25, -0.2) is 0 Å². The quantitative estimate of drug-likeness (QED) is 0.117. The van der Waals surface area contributed by atoms with Crippen LogP contribution in [-0.2, 0) is 21.7 Å². The van der Waals surface area contributed by atoms with E-state index in [1.54, 1.807) is 15.6 Å². The molecule has 0 bridgehead atoms. The van der Waals surface area contributed by atoms with Crippen molar-refractivity contribution < 1.29 is 58.9 Å². The number of rotatable bonds is 12. The monoisotopic (exact) mass is 784 g/mol. The van der Waals surface area contributed by atoms with E-state index in [1.807, 2.05) is 0 Å². The Labute approximate surface area is 341 Å². The van der Waals surface area contributed by atoms with E-state index in [4.69, 9.17) is 0 Å². The Morgan fingerprint density at radius 1 is 0.440 bits per heavy atom. The van der Waals surface area contributed by atoms with Gasteiger partial charge in [0, 0.05) is 0 Å². The van der Waals surface area contributed by atoms with Crippen LogP contribution < -0.4 is 58.0 Å². The first-order chi connectivity index (χ1) is 21.7. The maximum atomic E-state index is 2.67. The molecule has 0 N–H and O–H groups in total. The molecule has 50 heavy (non-hydrogen) atoms. The summed E-state index contributed by atoms with van der Waals surface area (Å²) in [5.74, 6) is 2.06. The molecule has 0 aliphatic heterocycles. The molecular formula is C45H63Cl3SiTi. The first kappa shape index (κ1) is 48.8. The van der Waals surface area contributed by atoms with Crippen molar-refractivity contribution in [3.05, 3.63) is 110 Å². The summed E-state index contributed by atoms with van der Waals surface area (Å²) in [4.78, 5) is 0. The summed E-state index contributed by atoms with van der Waals surface area (Å²) >= 11 is 0. The summed E-state index contributed by atoms with van der Waals surface area (Å²) in [6.07, 6.45) is 4.59. The second kappa shape index (κ2) is 20.3. The third-order valence-electron chi connectivity index (χ3n) is 12.0. The molecule has 0 amide bonds. The molecule has 5 heteroatoms. The number of hydrogen-bond donors (Lipinski definition) is 0. The molecule has 0 saturated heterocycles. The van der Waals surface area contributed by atoms with Crippen LogP contribution in [0.2, 0.25) is 0 Å². The van der Waals surface area contributed by atoms with Gasteiger partial charge in [0.25, 0.3) is 0 Å². The second-order valence-electron chi connectivity index (χ2n) is 15.0. The fourth-order valence-electron chi connectivity index (χ4n) is 7.77. The molecule has 0 aliphatic rings. The molecule has 4 aromatic carbocycles. The molecule has 0 aromatic heterocycles. The van der Waals surface area contributed by atoms with Crippen molar-refractivity contribution in [3.8, 4) is 0 Å². The van der Waals surface area contributed by atoms with Gasteiger partial charge in [0.1, 0.15) is 8.07 Å². The van der Waals surface area contributed by atoms with Crippen molar-refractivity contribution in [2.24, 2.45) is 0 Å². The molecule has 4 aromatic rings. The predicted molar refractivity (Wildman–Crippen MR) is 209 cm³/mol. The Balaban J connectivity index is 0.00000600. The van der Waals surface area contributed by atoms with Gasteiger partial charge in [0.2, 0.25) is 0 Å². The molecule has 0 saturated carbocycles. The average molecular weight is 786 g/mol. The first-order valence-electron chi connectivity index (χ1n) is 18.4. The van der Waals surface area contributed by atoms with Crippen LogP contribution in [0.5, 0.6) is 0 Å². The van der Waals surface area contributed by atoms with Crippen LogP contribution in [0.3, 0.4) is 0 Å². The summed E-state index contributed by atoms with van der Waals surface area (Å²) in [5.41, 5.74) is 14.7. The molecule has 0 heterocycles. The molecule has 0 spiro atoms. The summed E-state index contributed by atoms with van der Waals surface area (Å²) in [7, 11) is -2.82. The molecule has 4 atom stereocenters. The fraction of sp³-hybridized carbons (Fsp3) is 0.489. The third kappa shape index (κ3) is 9.29. The van der Waals surface area contributed by atoms with Crippen molar-refractivity contribution in [1.29, 1.82) is 0 Å². The maximum absolute atomic E-state index is 2.82. The van der Waals surface area contributed by atoms with E-state index >= 15 is 0 Å². The zero-order valence-corrected chi connectivity index (χ0v) is 38.3. The van der Waals surface area contributed by atoms with E-state index in [-0.39, 0.29) is 58.9 Å². The number of aryl methyl sites for hydroxylation is 2. The third-order valence-corrected chi connectivity index (χ3v) is 17.0. The average Bonchev–Trinajstić information content (AvgIpc) is 3.24. The van der Waals surface area contributed by atoms with Gasteiger partial charge in [-0.15, -0.1) is 5.19 Å².